The van der Waals surface area contributed by atoms with E-state index in [-0.39, 0.29) is 25.0 Å². The molecular formula is C36H48O8. The van der Waals surface area contributed by atoms with Gasteiger partial charge in [0.2, 0.25) is 0 Å². The maximum absolute atomic E-state index is 10.3. The van der Waals surface area contributed by atoms with E-state index in [2.05, 4.69) is 47.1 Å². The Kier molecular flexibility index (Phi) is 33.8. The summed E-state index contributed by atoms with van der Waals surface area (Å²) in [7, 11) is 0. The van der Waals surface area contributed by atoms with Crippen molar-refractivity contribution in [1.29, 1.82) is 0 Å². The summed E-state index contributed by atoms with van der Waals surface area (Å²) in [6.07, 6.45) is 10.8. The molecule has 0 bridgehead atoms. The Bertz CT molecular complexity index is 1010. The number of hydrogen-bond donors (Lipinski definition) is 1. The molecule has 0 unspecified atom stereocenters. The zero-order valence-corrected chi connectivity index (χ0v) is 26.2. The molecule has 44 heavy (non-hydrogen) atoms. The highest BCUT2D eigenvalue weighted by molar-refractivity contribution is 5.82. The summed E-state index contributed by atoms with van der Waals surface area (Å²) in [5, 5.41) is 8.08. The van der Waals surface area contributed by atoms with Crippen molar-refractivity contribution in [1.82, 2.24) is 0 Å². The van der Waals surface area contributed by atoms with Gasteiger partial charge in [0.1, 0.15) is 6.61 Å². The molecule has 0 radical (unpaired) electrons. The molecule has 0 aromatic heterocycles. The molecule has 0 saturated heterocycles. The smallest absolute Gasteiger partial charge is 0.330 e. The second-order valence-electron chi connectivity index (χ2n) is 8.20. The number of esters is 3. The Labute approximate surface area is 263 Å². The maximum atomic E-state index is 10.3. The lowest BCUT2D eigenvalue weighted by Crippen LogP contribution is -2.06. The van der Waals surface area contributed by atoms with Gasteiger partial charge in [-0.2, -0.15) is 0 Å². The van der Waals surface area contributed by atoms with Crippen LogP contribution in [0.2, 0.25) is 0 Å². The molecule has 2 aromatic rings. The topological polar surface area (TPSA) is 116 Å². The van der Waals surface area contributed by atoms with E-state index in [4.69, 9.17) is 5.11 Å². The fourth-order valence-corrected chi connectivity index (χ4v) is 2.23. The van der Waals surface area contributed by atoms with Crippen LogP contribution in [-0.4, -0.2) is 48.8 Å². The van der Waals surface area contributed by atoms with Crippen LogP contribution in [0.4, 0.5) is 0 Å². The lowest BCUT2D eigenvalue weighted by molar-refractivity contribution is -0.143. The van der Waals surface area contributed by atoms with E-state index in [1.165, 1.54) is 23.3 Å². The van der Waals surface area contributed by atoms with Crippen molar-refractivity contribution in [2.24, 2.45) is 0 Å². The fraction of sp³-hybridized carbons (Fsp3) is 0.278. The van der Waals surface area contributed by atoms with Crippen molar-refractivity contribution < 1.29 is 38.5 Å². The number of ether oxygens (including phenoxy) is 3. The van der Waals surface area contributed by atoms with E-state index in [9.17, 15) is 19.2 Å². The second kappa shape index (κ2) is 34.2. The lowest BCUT2D eigenvalue weighted by Gasteiger charge is -1.97. The molecule has 1 N–H and O–H groups in total. The second-order valence-corrected chi connectivity index (χ2v) is 8.20. The third-order valence-corrected chi connectivity index (χ3v) is 4.62. The van der Waals surface area contributed by atoms with Crippen LogP contribution in [0.3, 0.4) is 0 Å². The molecule has 2 rings (SSSR count). The zero-order valence-electron chi connectivity index (χ0n) is 26.2. The molecule has 2 aromatic carbocycles. The van der Waals surface area contributed by atoms with Crippen molar-refractivity contribution in [3.05, 3.63) is 123 Å². The highest BCUT2D eigenvalue weighted by Crippen LogP contribution is 1.98. The lowest BCUT2D eigenvalue weighted by atomic mass is 10.2. The molecule has 0 heterocycles. The number of rotatable bonds is 14. The van der Waals surface area contributed by atoms with Gasteiger partial charge in [-0.1, -0.05) is 132 Å². The van der Waals surface area contributed by atoms with E-state index in [1.54, 1.807) is 0 Å². The molecule has 0 atom stereocenters. The van der Waals surface area contributed by atoms with Crippen LogP contribution in [0.5, 0.6) is 0 Å². The first kappa shape index (κ1) is 43.5. The molecule has 0 saturated carbocycles. The van der Waals surface area contributed by atoms with Crippen LogP contribution in [0, 0.1) is 0 Å². The van der Waals surface area contributed by atoms with Crippen molar-refractivity contribution in [2.75, 3.05) is 19.8 Å². The SMILES string of the molecule is C=CC(=O)OCCC(=O)O.C=CC(=O)OCCCC.C=CC(=O)OCCCC.C=Cc1ccccc1.C=Cc1ccccc1. The molecule has 8 nitrogen and oxygen atoms in total. The third kappa shape index (κ3) is 35.0. The normalized spacial score (nSPS) is 8.50. The molecule has 0 aliphatic heterocycles. The van der Waals surface area contributed by atoms with Gasteiger partial charge < -0.3 is 19.3 Å². The Balaban J connectivity index is -0.000000478. The summed E-state index contributed by atoms with van der Waals surface area (Å²) in [6.45, 7) is 21.9. The molecule has 0 amide bonds. The summed E-state index contributed by atoms with van der Waals surface area (Å²) < 4.78 is 13.7. The Morgan fingerprint density at radius 3 is 1.14 bits per heavy atom. The number of hydrogen-bond acceptors (Lipinski definition) is 7. The molecule has 0 aliphatic carbocycles. The highest BCUT2D eigenvalue weighted by Gasteiger charge is 1.98. The highest BCUT2D eigenvalue weighted by atomic mass is 16.5. The van der Waals surface area contributed by atoms with Gasteiger partial charge in [0, 0.05) is 18.2 Å². The average Bonchev–Trinajstić information content (AvgIpc) is 3.06. The van der Waals surface area contributed by atoms with Gasteiger partial charge in [0.25, 0.3) is 0 Å². The molecule has 8 heteroatoms. The zero-order chi connectivity index (χ0) is 33.8. The minimum absolute atomic E-state index is 0.0970. The third-order valence-electron chi connectivity index (χ3n) is 4.62. The van der Waals surface area contributed by atoms with Crippen LogP contribution in [0.1, 0.15) is 57.1 Å². The average molecular weight is 609 g/mol. The van der Waals surface area contributed by atoms with E-state index in [1.807, 2.05) is 86.7 Å². The van der Waals surface area contributed by atoms with Gasteiger partial charge in [0.05, 0.1) is 19.6 Å². The van der Waals surface area contributed by atoms with Gasteiger partial charge in [-0.05, 0) is 24.0 Å². The first-order valence-electron chi connectivity index (χ1n) is 14.1. The van der Waals surface area contributed by atoms with Crippen molar-refractivity contribution in [3.63, 3.8) is 0 Å². The number of carboxylic acids is 1. The fourth-order valence-electron chi connectivity index (χ4n) is 2.23. The number of unbranched alkanes of at least 4 members (excludes halogenated alkanes) is 2. The van der Waals surface area contributed by atoms with Crippen LogP contribution in [-0.2, 0) is 33.4 Å². The summed E-state index contributed by atoms with van der Waals surface area (Å²) in [5.41, 5.74) is 2.35. The summed E-state index contributed by atoms with van der Waals surface area (Å²) in [6, 6.07) is 20.1. The molecule has 0 aliphatic rings. The van der Waals surface area contributed by atoms with Crippen LogP contribution in [0.15, 0.2) is 112 Å². The monoisotopic (exact) mass is 608 g/mol. The van der Waals surface area contributed by atoms with E-state index < -0.39 is 11.9 Å². The van der Waals surface area contributed by atoms with E-state index in [0.717, 1.165) is 31.8 Å². The summed E-state index contributed by atoms with van der Waals surface area (Å²) in [4.78, 5) is 40.8. The van der Waals surface area contributed by atoms with Crippen molar-refractivity contribution in [2.45, 2.75) is 46.0 Å². The van der Waals surface area contributed by atoms with Gasteiger partial charge in [-0.15, -0.1) is 0 Å². The van der Waals surface area contributed by atoms with Gasteiger partial charge in [-0.3, -0.25) is 4.79 Å². The van der Waals surface area contributed by atoms with Gasteiger partial charge in [0.15, 0.2) is 0 Å². The molecule has 0 spiro atoms. The number of aliphatic carboxylic acids is 1. The number of carbonyl (C=O) groups excluding carboxylic acids is 3. The van der Waals surface area contributed by atoms with E-state index >= 15 is 0 Å². The largest absolute Gasteiger partial charge is 0.481 e. The standard InChI is InChI=1S/2C8H8.2C7H12O2.C6H8O4/c2*1-2-8-6-4-3-5-7-8;2*1-3-5-6-9-7(8)4-2;1-2-6(9)10-4-3-5(7)8/h2*2-7H,1H2;2*4H,2-3,5-6H2,1H3;2H,1,3-4H2,(H,7,8). The molecule has 0 fully saturated rings. The Morgan fingerprint density at radius 1 is 0.591 bits per heavy atom. The number of carbonyl (C=O) groups is 4. The number of benzene rings is 2. The molecular weight excluding hydrogens is 560 g/mol. The summed E-state index contributed by atoms with van der Waals surface area (Å²) in [5.74, 6) is -2.25. The Hall–Kier alpha value is -4.98. The quantitative estimate of drug-likeness (QED) is 0.0996. The van der Waals surface area contributed by atoms with Crippen molar-refractivity contribution in [3.8, 4) is 0 Å². The Morgan fingerprint density at radius 2 is 0.909 bits per heavy atom. The van der Waals surface area contributed by atoms with Crippen LogP contribution in [0.25, 0.3) is 12.2 Å². The van der Waals surface area contributed by atoms with E-state index in [0.29, 0.717) is 13.2 Å². The van der Waals surface area contributed by atoms with Gasteiger partial charge >= 0.3 is 23.9 Å². The minimum Gasteiger partial charge on any atom is -0.481 e. The van der Waals surface area contributed by atoms with Crippen LogP contribution < -0.4 is 0 Å². The maximum Gasteiger partial charge on any atom is 0.330 e. The summed E-state index contributed by atoms with van der Waals surface area (Å²) >= 11 is 0. The minimum atomic E-state index is -0.989. The number of carboxylic acid groups (broad SMARTS) is 1. The van der Waals surface area contributed by atoms with Gasteiger partial charge in [-0.25, -0.2) is 14.4 Å². The van der Waals surface area contributed by atoms with Crippen molar-refractivity contribution >= 4 is 36.0 Å². The first-order valence-corrected chi connectivity index (χ1v) is 14.1. The first-order chi connectivity index (χ1) is 21.1. The van der Waals surface area contributed by atoms with Crippen LogP contribution >= 0.6 is 0 Å². The predicted octanol–water partition coefficient (Wildman–Crippen LogP) is 7.88. The molecule has 240 valence electrons. The predicted molar refractivity (Wildman–Crippen MR) is 179 cm³/mol.